The first-order chi connectivity index (χ1) is 16.8. The third-order valence-electron chi connectivity index (χ3n) is 9.34. The van der Waals surface area contributed by atoms with Crippen molar-refractivity contribution in [3.63, 3.8) is 0 Å². The van der Waals surface area contributed by atoms with E-state index < -0.39 is 10.0 Å². The van der Waals surface area contributed by atoms with Crippen LogP contribution >= 0.6 is 0 Å². The molecule has 190 valence electrons. The highest BCUT2D eigenvalue weighted by atomic mass is 32.2. The number of amides is 2. The fourth-order valence-corrected chi connectivity index (χ4v) is 9.61. The van der Waals surface area contributed by atoms with Crippen molar-refractivity contribution in [1.29, 1.82) is 0 Å². The third kappa shape index (κ3) is 4.20. The van der Waals surface area contributed by atoms with Crippen molar-refractivity contribution < 1.29 is 18.0 Å². The Bertz CT molecular complexity index is 1090. The highest BCUT2D eigenvalue weighted by molar-refractivity contribution is 7.89. The van der Waals surface area contributed by atoms with E-state index in [-0.39, 0.29) is 23.7 Å². The van der Waals surface area contributed by atoms with Crippen LogP contribution in [0.2, 0.25) is 0 Å². The lowest BCUT2D eigenvalue weighted by atomic mass is 9.49. The number of anilines is 1. The number of fused-ring (bicyclic) bond motifs is 1. The number of hydrogen-bond donors (Lipinski definition) is 1. The van der Waals surface area contributed by atoms with Crippen LogP contribution in [0.4, 0.5) is 5.69 Å². The van der Waals surface area contributed by atoms with Crippen LogP contribution in [0, 0.1) is 23.2 Å². The van der Waals surface area contributed by atoms with Gasteiger partial charge in [0.1, 0.15) is 0 Å². The van der Waals surface area contributed by atoms with Crippen molar-refractivity contribution in [1.82, 2.24) is 9.62 Å². The van der Waals surface area contributed by atoms with Gasteiger partial charge in [0.25, 0.3) is 0 Å². The van der Waals surface area contributed by atoms with Gasteiger partial charge in [0.05, 0.1) is 4.90 Å². The number of benzene rings is 1. The van der Waals surface area contributed by atoms with E-state index in [1.807, 2.05) is 0 Å². The summed E-state index contributed by atoms with van der Waals surface area (Å²) < 4.78 is 27.7. The molecule has 0 unspecified atom stereocenters. The molecule has 4 aliphatic carbocycles. The van der Waals surface area contributed by atoms with Gasteiger partial charge in [-0.2, -0.15) is 4.31 Å². The second-order valence-electron chi connectivity index (χ2n) is 11.8. The maximum Gasteiger partial charge on any atom is 0.243 e. The molecule has 4 saturated carbocycles. The maximum atomic E-state index is 13.2. The molecule has 1 aromatic rings. The zero-order chi connectivity index (χ0) is 24.2. The fourth-order valence-electron chi connectivity index (χ4n) is 8.05. The Hall–Kier alpha value is -1.93. The van der Waals surface area contributed by atoms with E-state index in [9.17, 15) is 18.0 Å². The minimum absolute atomic E-state index is 0.0128. The van der Waals surface area contributed by atoms with Crippen molar-refractivity contribution in [3.8, 4) is 0 Å². The molecule has 7 nitrogen and oxygen atoms in total. The Labute approximate surface area is 208 Å². The first-order valence-corrected chi connectivity index (χ1v) is 15.0. The zero-order valence-electron chi connectivity index (χ0n) is 20.5. The van der Waals surface area contributed by atoms with Gasteiger partial charge in [-0.05, 0) is 99.3 Å². The average Bonchev–Trinajstić information content (AvgIpc) is 3.27. The molecule has 8 heteroatoms. The molecule has 7 rings (SSSR count). The van der Waals surface area contributed by atoms with E-state index >= 15 is 0 Å². The van der Waals surface area contributed by atoms with E-state index in [1.165, 1.54) is 19.3 Å². The minimum atomic E-state index is -3.48. The third-order valence-corrected chi connectivity index (χ3v) is 11.2. The van der Waals surface area contributed by atoms with E-state index in [0.717, 1.165) is 67.5 Å². The van der Waals surface area contributed by atoms with Gasteiger partial charge in [-0.3, -0.25) is 9.59 Å². The number of nitrogens with one attached hydrogen (secondary N) is 1. The van der Waals surface area contributed by atoms with Gasteiger partial charge < -0.3 is 10.2 Å². The number of nitrogens with zero attached hydrogens (tertiary/aromatic N) is 2. The SMILES string of the molecule is O=C(CCNC(=O)C12CC3CC(CC(C3)C1)C2)N1CCc2cc(S(=O)(=O)N3CCCCC3)ccc21. The molecule has 1 aromatic carbocycles. The Kier molecular flexibility index (Phi) is 5.95. The van der Waals surface area contributed by atoms with Crippen LogP contribution < -0.4 is 10.2 Å². The van der Waals surface area contributed by atoms with Crippen molar-refractivity contribution in [2.24, 2.45) is 23.2 Å². The Morgan fingerprint density at radius 3 is 2.26 bits per heavy atom. The van der Waals surface area contributed by atoms with Gasteiger partial charge in [0.15, 0.2) is 0 Å². The van der Waals surface area contributed by atoms with E-state index in [0.29, 0.717) is 37.5 Å². The molecule has 2 heterocycles. The number of carbonyl (C=O) groups excluding carboxylic acids is 2. The molecule has 4 bridgehead atoms. The first-order valence-electron chi connectivity index (χ1n) is 13.6. The Morgan fingerprint density at radius 2 is 1.60 bits per heavy atom. The Balaban J connectivity index is 1.06. The van der Waals surface area contributed by atoms with Crippen LogP contribution in [-0.4, -0.2) is 50.7 Å². The van der Waals surface area contributed by atoms with Crippen molar-refractivity contribution >= 4 is 27.5 Å². The number of rotatable bonds is 6. The molecule has 1 N–H and O–H groups in total. The number of sulfonamides is 1. The predicted molar refractivity (Wildman–Crippen MR) is 133 cm³/mol. The fraction of sp³-hybridized carbons (Fsp3) is 0.704. The van der Waals surface area contributed by atoms with Crippen molar-refractivity contribution in [2.75, 3.05) is 31.1 Å². The molecule has 6 aliphatic rings. The molecular weight excluding hydrogens is 462 g/mol. The highest BCUT2D eigenvalue weighted by Crippen LogP contribution is 2.60. The van der Waals surface area contributed by atoms with Crippen molar-refractivity contribution in [2.45, 2.75) is 75.5 Å². The Morgan fingerprint density at radius 1 is 0.943 bits per heavy atom. The summed E-state index contributed by atoms with van der Waals surface area (Å²) in [6.45, 7) is 2.09. The van der Waals surface area contributed by atoms with Gasteiger partial charge in [-0.15, -0.1) is 0 Å². The largest absolute Gasteiger partial charge is 0.355 e. The van der Waals surface area contributed by atoms with Gasteiger partial charge >= 0.3 is 0 Å². The lowest BCUT2D eigenvalue weighted by Crippen LogP contribution is -2.53. The highest BCUT2D eigenvalue weighted by Gasteiger charge is 2.54. The summed E-state index contributed by atoms with van der Waals surface area (Å²) >= 11 is 0. The van der Waals surface area contributed by atoms with Crippen LogP contribution in [0.1, 0.15) is 69.8 Å². The number of piperidine rings is 1. The average molecular weight is 500 g/mol. The van der Waals surface area contributed by atoms with Crippen LogP contribution in [0.15, 0.2) is 23.1 Å². The molecule has 35 heavy (non-hydrogen) atoms. The van der Waals surface area contributed by atoms with Gasteiger partial charge in [-0.1, -0.05) is 6.42 Å². The summed E-state index contributed by atoms with van der Waals surface area (Å²) in [5.74, 6) is 2.31. The van der Waals surface area contributed by atoms with E-state index in [2.05, 4.69) is 5.32 Å². The quantitative estimate of drug-likeness (QED) is 0.649. The zero-order valence-corrected chi connectivity index (χ0v) is 21.3. The smallest absolute Gasteiger partial charge is 0.243 e. The molecule has 5 fully saturated rings. The monoisotopic (exact) mass is 499 g/mol. The van der Waals surface area contributed by atoms with E-state index in [1.54, 1.807) is 27.4 Å². The minimum Gasteiger partial charge on any atom is -0.355 e. The molecule has 0 atom stereocenters. The lowest BCUT2D eigenvalue weighted by molar-refractivity contribution is -0.146. The lowest BCUT2D eigenvalue weighted by Gasteiger charge is -2.55. The van der Waals surface area contributed by atoms with Gasteiger partial charge in [0, 0.05) is 43.7 Å². The second-order valence-corrected chi connectivity index (χ2v) is 13.7. The summed E-state index contributed by atoms with van der Waals surface area (Å²) in [7, 11) is -3.48. The topological polar surface area (TPSA) is 86.8 Å². The molecule has 0 radical (unpaired) electrons. The van der Waals surface area contributed by atoms with E-state index in [4.69, 9.17) is 0 Å². The summed E-state index contributed by atoms with van der Waals surface area (Å²) in [5.41, 5.74) is 1.53. The van der Waals surface area contributed by atoms with Gasteiger partial charge in [0.2, 0.25) is 21.8 Å². The van der Waals surface area contributed by atoms with Crippen LogP contribution in [-0.2, 0) is 26.0 Å². The molecular formula is C27H37N3O4S. The van der Waals surface area contributed by atoms with Crippen LogP contribution in [0.3, 0.4) is 0 Å². The standard InChI is InChI=1S/C27H37N3O4S/c31-25(6-8-28-26(32)27-16-19-12-20(17-27)14-21(13-19)18-27)30-11-7-22-15-23(4-5-24(22)30)35(33,34)29-9-2-1-3-10-29/h4-5,15,19-21H,1-3,6-14,16-18H2,(H,28,32). The number of carbonyl (C=O) groups is 2. The molecule has 0 aromatic heterocycles. The maximum absolute atomic E-state index is 13.2. The normalized spacial score (nSPS) is 32.0. The summed E-state index contributed by atoms with van der Waals surface area (Å²) in [4.78, 5) is 28.3. The summed E-state index contributed by atoms with van der Waals surface area (Å²) in [5, 5.41) is 3.11. The summed E-state index contributed by atoms with van der Waals surface area (Å²) in [6.07, 6.45) is 10.8. The van der Waals surface area contributed by atoms with Crippen molar-refractivity contribution in [3.05, 3.63) is 23.8 Å². The summed E-state index contributed by atoms with van der Waals surface area (Å²) in [6, 6.07) is 5.18. The number of hydrogen-bond acceptors (Lipinski definition) is 4. The molecule has 2 amide bonds. The molecule has 1 saturated heterocycles. The van der Waals surface area contributed by atoms with Crippen LogP contribution in [0.25, 0.3) is 0 Å². The molecule has 0 spiro atoms. The van der Waals surface area contributed by atoms with Gasteiger partial charge in [-0.25, -0.2) is 8.42 Å². The molecule has 2 aliphatic heterocycles. The second kappa shape index (κ2) is 8.87. The predicted octanol–water partition coefficient (Wildman–Crippen LogP) is 3.47. The first kappa shape index (κ1) is 23.5. The van der Waals surface area contributed by atoms with Crippen LogP contribution in [0.5, 0.6) is 0 Å².